The molecule has 16 heavy (non-hydrogen) atoms. The van der Waals surface area contributed by atoms with Gasteiger partial charge >= 0.3 is 0 Å². The minimum absolute atomic E-state index is 0.0600. The van der Waals surface area contributed by atoms with E-state index in [-0.39, 0.29) is 6.10 Å². The van der Waals surface area contributed by atoms with Gasteiger partial charge in [-0.2, -0.15) is 0 Å². The molecule has 0 bridgehead atoms. The Balaban J connectivity index is 2.09. The van der Waals surface area contributed by atoms with Gasteiger partial charge in [-0.3, -0.25) is 0 Å². The summed E-state index contributed by atoms with van der Waals surface area (Å²) >= 11 is 0. The Hall–Kier alpha value is -0.120. The van der Waals surface area contributed by atoms with Crippen LogP contribution in [0.3, 0.4) is 0 Å². The molecule has 0 spiro atoms. The first-order chi connectivity index (χ1) is 7.74. The van der Waals surface area contributed by atoms with Crippen molar-refractivity contribution in [2.45, 2.75) is 44.6 Å². The van der Waals surface area contributed by atoms with Gasteiger partial charge in [0.1, 0.15) is 0 Å². The van der Waals surface area contributed by atoms with Crippen LogP contribution in [0, 0.1) is 5.92 Å². The summed E-state index contributed by atoms with van der Waals surface area (Å²) in [4.78, 5) is 2.36. The average Bonchev–Trinajstić information content (AvgIpc) is 2.28. The molecule has 1 aliphatic rings. The zero-order chi connectivity index (χ0) is 11.8. The van der Waals surface area contributed by atoms with Crippen molar-refractivity contribution in [3.8, 4) is 0 Å². The molecule has 0 aromatic carbocycles. The van der Waals surface area contributed by atoms with Crippen LogP contribution < -0.4 is 0 Å². The van der Waals surface area contributed by atoms with Crippen LogP contribution in [0.4, 0.5) is 0 Å². The van der Waals surface area contributed by atoms with E-state index in [0.717, 1.165) is 32.5 Å². The predicted molar refractivity (Wildman–Crippen MR) is 66.6 cm³/mol. The van der Waals surface area contributed by atoms with Crippen LogP contribution in [0.5, 0.6) is 0 Å². The first-order valence-corrected chi connectivity index (χ1v) is 6.59. The highest BCUT2D eigenvalue weighted by atomic mass is 16.5. The Kier molecular flexibility index (Phi) is 7.01. The number of unbranched alkanes of at least 4 members (excludes halogenated alkanes) is 1. The van der Waals surface area contributed by atoms with Gasteiger partial charge < -0.3 is 14.7 Å². The van der Waals surface area contributed by atoms with E-state index in [4.69, 9.17) is 4.74 Å². The van der Waals surface area contributed by atoms with Crippen molar-refractivity contribution in [2.75, 3.05) is 33.9 Å². The van der Waals surface area contributed by atoms with Crippen molar-refractivity contribution in [2.24, 2.45) is 5.92 Å². The van der Waals surface area contributed by atoms with Crippen LogP contribution in [0.2, 0.25) is 0 Å². The quantitative estimate of drug-likeness (QED) is 0.677. The van der Waals surface area contributed by atoms with Gasteiger partial charge in [0.15, 0.2) is 0 Å². The van der Waals surface area contributed by atoms with Crippen LogP contribution in [-0.2, 0) is 4.74 Å². The minimum Gasteiger partial charge on any atom is -0.393 e. The second kappa shape index (κ2) is 8.04. The maximum Gasteiger partial charge on any atom is 0.0580 e. The Labute approximate surface area is 99.8 Å². The van der Waals surface area contributed by atoms with Crippen LogP contribution in [0.25, 0.3) is 0 Å². The summed E-state index contributed by atoms with van der Waals surface area (Å²) in [6, 6.07) is 0. The SMILES string of the molecule is COCCCCN(C)CC1CCCCC1O. The number of aliphatic hydroxyl groups is 1. The molecule has 2 unspecified atom stereocenters. The second-order valence-electron chi connectivity index (χ2n) is 5.07. The molecule has 1 N–H and O–H groups in total. The van der Waals surface area contributed by atoms with Gasteiger partial charge in [-0.05, 0) is 45.2 Å². The van der Waals surface area contributed by atoms with Crippen LogP contribution in [-0.4, -0.2) is 50.0 Å². The molecule has 0 heterocycles. The van der Waals surface area contributed by atoms with E-state index < -0.39 is 0 Å². The fraction of sp³-hybridized carbons (Fsp3) is 1.00. The number of rotatable bonds is 7. The summed E-state index contributed by atoms with van der Waals surface area (Å²) in [5, 5.41) is 9.88. The molecular formula is C13H27NO2. The molecule has 0 aromatic rings. The molecule has 1 aliphatic carbocycles. The van der Waals surface area contributed by atoms with E-state index in [0.29, 0.717) is 5.92 Å². The van der Waals surface area contributed by atoms with Gasteiger partial charge in [0, 0.05) is 20.3 Å². The number of aliphatic hydroxyl groups excluding tert-OH is 1. The molecule has 0 radical (unpaired) electrons. The number of ether oxygens (including phenoxy) is 1. The van der Waals surface area contributed by atoms with Gasteiger partial charge in [0.05, 0.1) is 6.10 Å². The van der Waals surface area contributed by atoms with Gasteiger partial charge in [-0.25, -0.2) is 0 Å². The molecular weight excluding hydrogens is 202 g/mol. The first-order valence-electron chi connectivity index (χ1n) is 6.59. The lowest BCUT2D eigenvalue weighted by Crippen LogP contribution is -2.35. The van der Waals surface area contributed by atoms with Gasteiger partial charge in [0.2, 0.25) is 0 Å². The van der Waals surface area contributed by atoms with Crippen molar-refractivity contribution in [1.29, 1.82) is 0 Å². The lowest BCUT2D eigenvalue weighted by Gasteiger charge is -2.31. The highest BCUT2D eigenvalue weighted by Gasteiger charge is 2.23. The smallest absolute Gasteiger partial charge is 0.0580 e. The van der Waals surface area contributed by atoms with Crippen LogP contribution in [0.15, 0.2) is 0 Å². The Morgan fingerprint density at radius 1 is 1.25 bits per heavy atom. The summed E-state index contributed by atoms with van der Waals surface area (Å²) in [6.45, 7) is 3.03. The maximum atomic E-state index is 9.88. The normalized spacial score (nSPS) is 26.2. The molecule has 3 nitrogen and oxygen atoms in total. The average molecular weight is 229 g/mol. The largest absolute Gasteiger partial charge is 0.393 e. The van der Waals surface area contributed by atoms with Crippen LogP contribution >= 0.6 is 0 Å². The number of hydrogen-bond acceptors (Lipinski definition) is 3. The van der Waals surface area contributed by atoms with E-state index in [2.05, 4.69) is 11.9 Å². The minimum atomic E-state index is -0.0600. The molecule has 0 aromatic heterocycles. The standard InChI is InChI=1S/C13H27NO2/c1-14(9-5-6-10-16-2)11-12-7-3-4-8-13(12)15/h12-13,15H,3-11H2,1-2H3. The lowest BCUT2D eigenvalue weighted by molar-refractivity contribution is 0.0508. The predicted octanol–water partition coefficient (Wildman–Crippen LogP) is 1.90. The summed E-state index contributed by atoms with van der Waals surface area (Å²) < 4.78 is 5.03. The molecule has 0 saturated heterocycles. The van der Waals surface area contributed by atoms with E-state index in [1.807, 2.05) is 0 Å². The van der Waals surface area contributed by atoms with Crippen molar-refractivity contribution < 1.29 is 9.84 Å². The molecule has 1 saturated carbocycles. The Bertz CT molecular complexity index is 175. The van der Waals surface area contributed by atoms with Gasteiger partial charge in [-0.15, -0.1) is 0 Å². The molecule has 0 aliphatic heterocycles. The van der Waals surface area contributed by atoms with Crippen molar-refractivity contribution in [3.05, 3.63) is 0 Å². The molecule has 96 valence electrons. The number of hydrogen-bond donors (Lipinski definition) is 1. The van der Waals surface area contributed by atoms with E-state index in [1.165, 1.54) is 25.7 Å². The highest BCUT2D eigenvalue weighted by molar-refractivity contribution is 4.76. The second-order valence-corrected chi connectivity index (χ2v) is 5.07. The maximum absolute atomic E-state index is 9.88. The van der Waals surface area contributed by atoms with Gasteiger partial charge in [0.25, 0.3) is 0 Å². The zero-order valence-electron chi connectivity index (χ0n) is 10.8. The topological polar surface area (TPSA) is 32.7 Å². The fourth-order valence-electron chi connectivity index (χ4n) is 2.52. The summed E-state index contributed by atoms with van der Waals surface area (Å²) in [5.74, 6) is 0.501. The third-order valence-electron chi connectivity index (χ3n) is 3.55. The Morgan fingerprint density at radius 3 is 2.69 bits per heavy atom. The van der Waals surface area contributed by atoms with Crippen molar-refractivity contribution in [1.82, 2.24) is 4.90 Å². The highest BCUT2D eigenvalue weighted by Crippen LogP contribution is 2.24. The molecule has 1 fully saturated rings. The number of nitrogens with zero attached hydrogens (tertiary/aromatic N) is 1. The monoisotopic (exact) mass is 229 g/mol. The summed E-state index contributed by atoms with van der Waals surface area (Å²) in [5.41, 5.74) is 0. The van der Waals surface area contributed by atoms with Crippen molar-refractivity contribution in [3.63, 3.8) is 0 Å². The summed E-state index contributed by atoms with van der Waals surface area (Å²) in [6.07, 6.45) is 6.96. The van der Waals surface area contributed by atoms with E-state index in [9.17, 15) is 5.11 Å². The molecule has 1 rings (SSSR count). The zero-order valence-corrected chi connectivity index (χ0v) is 10.8. The fourth-order valence-corrected chi connectivity index (χ4v) is 2.52. The summed E-state index contributed by atoms with van der Waals surface area (Å²) in [7, 11) is 3.91. The molecule has 3 heteroatoms. The lowest BCUT2D eigenvalue weighted by atomic mass is 9.86. The third-order valence-corrected chi connectivity index (χ3v) is 3.55. The molecule has 0 amide bonds. The van der Waals surface area contributed by atoms with Crippen LogP contribution in [0.1, 0.15) is 38.5 Å². The Morgan fingerprint density at radius 2 is 2.00 bits per heavy atom. The van der Waals surface area contributed by atoms with E-state index >= 15 is 0 Å². The van der Waals surface area contributed by atoms with E-state index in [1.54, 1.807) is 7.11 Å². The van der Waals surface area contributed by atoms with Gasteiger partial charge in [-0.1, -0.05) is 12.8 Å². The van der Waals surface area contributed by atoms with Crippen molar-refractivity contribution >= 4 is 0 Å². The molecule has 2 atom stereocenters. The number of methoxy groups -OCH3 is 1. The first kappa shape index (κ1) is 13.9. The third kappa shape index (κ3) is 5.28.